The largest absolute Gasteiger partial charge is 0.354 e. The van der Waals surface area contributed by atoms with E-state index in [1.54, 1.807) is 7.11 Å². The average Bonchev–Trinajstić information content (AvgIpc) is 1.90. The Hall–Kier alpha value is 0.230. The highest BCUT2D eigenvalue weighted by molar-refractivity contribution is 7.95. The molecule has 47 valence electrons. The second-order valence-corrected chi connectivity index (χ2v) is 2.20. The SMILES string of the molecule is COC1[N]CCOS1. The first-order chi connectivity index (χ1) is 3.93. The zero-order chi connectivity index (χ0) is 5.82. The maximum atomic E-state index is 4.97. The first-order valence-electron chi connectivity index (χ1n) is 2.41. The van der Waals surface area contributed by atoms with E-state index in [0.717, 1.165) is 6.54 Å². The van der Waals surface area contributed by atoms with Gasteiger partial charge in [0.25, 0.3) is 0 Å². The van der Waals surface area contributed by atoms with Crippen LogP contribution in [0.1, 0.15) is 0 Å². The maximum absolute atomic E-state index is 4.97. The van der Waals surface area contributed by atoms with E-state index in [1.807, 2.05) is 0 Å². The van der Waals surface area contributed by atoms with Gasteiger partial charge in [0.1, 0.15) is 0 Å². The molecule has 8 heavy (non-hydrogen) atoms. The van der Waals surface area contributed by atoms with Crippen LogP contribution < -0.4 is 5.32 Å². The molecular formula is C4H8NO2S. The van der Waals surface area contributed by atoms with Crippen LogP contribution >= 0.6 is 12.0 Å². The average molecular weight is 134 g/mol. The molecule has 1 heterocycles. The zero-order valence-corrected chi connectivity index (χ0v) is 5.48. The highest BCUT2D eigenvalue weighted by Crippen LogP contribution is 2.14. The molecule has 0 amide bonds. The van der Waals surface area contributed by atoms with Crippen molar-refractivity contribution in [1.29, 1.82) is 0 Å². The van der Waals surface area contributed by atoms with Crippen molar-refractivity contribution >= 4 is 12.0 Å². The number of nitrogens with zero attached hydrogens (tertiary/aromatic N) is 1. The Morgan fingerprint density at radius 3 is 3.12 bits per heavy atom. The van der Waals surface area contributed by atoms with E-state index in [0.29, 0.717) is 6.61 Å². The molecule has 1 aliphatic rings. The van der Waals surface area contributed by atoms with E-state index in [-0.39, 0.29) is 5.56 Å². The van der Waals surface area contributed by atoms with Crippen molar-refractivity contribution < 1.29 is 8.92 Å². The van der Waals surface area contributed by atoms with E-state index >= 15 is 0 Å². The molecular weight excluding hydrogens is 126 g/mol. The second kappa shape index (κ2) is 3.29. The first-order valence-corrected chi connectivity index (χ1v) is 3.21. The van der Waals surface area contributed by atoms with Gasteiger partial charge in [-0.2, -0.15) is 5.32 Å². The summed E-state index contributed by atoms with van der Waals surface area (Å²) < 4.78 is 9.83. The Balaban J connectivity index is 2.13. The predicted octanol–water partition coefficient (Wildman–Crippen LogP) is 0.199. The molecule has 0 aromatic rings. The van der Waals surface area contributed by atoms with Crippen LogP contribution in [0.5, 0.6) is 0 Å². The number of ether oxygens (including phenoxy) is 1. The van der Waals surface area contributed by atoms with Crippen LogP contribution in [0, 0.1) is 0 Å². The van der Waals surface area contributed by atoms with Crippen molar-refractivity contribution in [2.75, 3.05) is 20.3 Å². The molecule has 3 nitrogen and oxygen atoms in total. The van der Waals surface area contributed by atoms with Gasteiger partial charge in [-0.25, -0.2) is 0 Å². The third-order valence-electron chi connectivity index (χ3n) is 0.805. The van der Waals surface area contributed by atoms with Crippen LogP contribution in [0.25, 0.3) is 0 Å². The van der Waals surface area contributed by atoms with Crippen molar-refractivity contribution in [2.24, 2.45) is 0 Å². The van der Waals surface area contributed by atoms with Crippen LogP contribution in [0.2, 0.25) is 0 Å². The quantitative estimate of drug-likeness (QED) is 0.480. The summed E-state index contributed by atoms with van der Waals surface area (Å²) in [5, 5.41) is 4.06. The van der Waals surface area contributed by atoms with Crippen molar-refractivity contribution in [3.63, 3.8) is 0 Å². The van der Waals surface area contributed by atoms with E-state index in [2.05, 4.69) is 5.32 Å². The molecule has 1 saturated heterocycles. The molecule has 0 aromatic heterocycles. The molecule has 1 atom stereocenters. The monoisotopic (exact) mass is 134 g/mol. The van der Waals surface area contributed by atoms with Gasteiger partial charge in [0, 0.05) is 25.7 Å². The number of hydrogen-bond donors (Lipinski definition) is 0. The molecule has 1 unspecified atom stereocenters. The minimum Gasteiger partial charge on any atom is -0.354 e. The molecule has 1 fully saturated rings. The summed E-state index contributed by atoms with van der Waals surface area (Å²) in [5.74, 6) is 0. The lowest BCUT2D eigenvalue weighted by Crippen LogP contribution is -2.28. The predicted molar refractivity (Wildman–Crippen MR) is 31.3 cm³/mol. The first kappa shape index (κ1) is 6.35. The summed E-state index contributed by atoms with van der Waals surface area (Å²) in [6.45, 7) is 1.47. The molecule has 4 heteroatoms. The number of methoxy groups -OCH3 is 1. The summed E-state index contributed by atoms with van der Waals surface area (Å²) in [7, 11) is 1.62. The van der Waals surface area contributed by atoms with Gasteiger partial charge in [-0.3, -0.25) is 0 Å². The summed E-state index contributed by atoms with van der Waals surface area (Å²) in [4.78, 5) is 0. The Labute approximate surface area is 52.9 Å². The van der Waals surface area contributed by atoms with Crippen LogP contribution in [-0.4, -0.2) is 25.8 Å². The summed E-state index contributed by atoms with van der Waals surface area (Å²) in [5.41, 5.74) is -0.0938. The minimum atomic E-state index is -0.0938. The molecule has 0 bridgehead atoms. The van der Waals surface area contributed by atoms with E-state index in [9.17, 15) is 0 Å². The molecule has 0 aliphatic carbocycles. The molecule has 1 rings (SSSR count). The lowest BCUT2D eigenvalue weighted by atomic mass is 10.7. The van der Waals surface area contributed by atoms with Gasteiger partial charge in [-0.05, 0) is 0 Å². The van der Waals surface area contributed by atoms with E-state index in [1.165, 1.54) is 12.0 Å². The molecule has 1 radical (unpaired) electrons. The Kier molecular flexibility index (Phi) is 2.62. The normalized spacial score (nSPS) is 30.4. The molecule has 0 spiro atoms. The van der Waals surface area contributed by atoms with E-state index < -0.39 is 0 Å². The Morgan fingerprint density at radius 1 is 1.88 bits per heavy atom. The summed E-state index contributed by atoms with van der Waals surface area (Å²) >= 11 is 1.27. The van der Waals surface area contributed by atoms with Gasteiger partial charge >= 0.3 is 0 Å². The van der Waals surface area contributed by atoms with Gasteiger partial charge in [-0.15, -0.1) is 0 Å². The fourth-order valence-corrected chi connectivity index (χ4v) is 0.978. The van der Waals surface area contributed by atoms with E-state index in [4.69, 9.17) is 8.92 Å². The topological polar surface area (TPSA) is 32.6 Å². The Bertz CT molecular complexity index is 65.1. The maximum Gasteiger partial charge on any atom is 0.196 e. The van der Waals surface area contributed by atoms with Crippen molar-refractivity contribution in [3.8, 4) is 0 Å². The summed E-state index contributed by atoms with van der Waals surface area (Å²) in [6, 6.07) is 0. The van der Waals surface area contributed by atoms with Crippen molar-refractivity contribution in [2.45, 2.75) is 5.56 Å². The standard InChI is InChI=1S/C4H8NO2S/c1-6-4-5-2-3-7-8-4/h4H,2-3H2,1H3. The van der Waals surface area contributed by atoms with Crippen LogP contribution in [-0.2, 0) is 8.92 Å². The highest BCUT2D eigenvalue weighted by atomic mass is 32.2. The lowest BCUT2D eigenvalue weighted by molar-refractivity contribution is 0.116. The molecule has 1 aliphatic heterocycles. The molecule has 0 aromatic carbocycles. The van der Waals surface area contributed by atoms with Crippen molar-refractivity contribution in [1.82, 2.24) is 5.32 Å². The minimum absolute atomic E-state index is 0.0938. The fourth-order valence-electron chi connectivity index (χ4n) is 0.446. The van der Waals surface area contributed by atoms with Gasteiger partial charge < -0.3 is 8.92 Å². The summed E-state index contributed by atoms with van der Waals surface area (Å²) in [6.07, 6.45) is 0. The molecule has 0 saturated carbocycles. The van der Waals surface area contributed by atoms with Gasteiger partial charge in [0.15, 0.2) is 5.56 Å². The van der Waals surface area contributed by atoms with Crippen LogP contribution in [0.4, 0.5) is 0 Å². The van der Waals surface area contributed by atoms with Gasteiger partial charge in [0.05, 0.1) is 6.61 Å². The number of rotatable bonds is 1. The second-order valence-electron chi connectivity index (χ2n) is 1.37. The molecule has 0 N–H and O–H groups in total. The fraction of sp³-hybridized carbons (Fsp3) is 1.00. The Morgan fingerprint density at radius 2 is 2.75 bits per heavy atom. The van der Waals surface area contributed by atoms with Gasteiger partial charge in [-0.1, -0.05) is 0 Å². The third-order valence-corrected chi connectivity index (χ3v) is 1.61. The highest BCUT2D eigenvalue weighted by Gasteiger charge is 2.12. The lowest BCUT2D eigenvalue weighted by Gasteiger charge is -2.17. The van der Waals surface area contributed by atoms with Crippen LogP contribution in [0.3, 0.4) is 0 Å². The zero-order valence-electron chi connectivity index (χ0n) is 4.66. The van der Waals surface area contributed by atoms with Crippen LogP contribution in [0.15, 0.2) is 0 Å². The smallest absolute Gasteiger partial charge is 0.196 e. The number of hydrogen-bond acceptors (Lipinski definition) is 3. The third kappa shape index (κ3) is 1.63. The van der Waals surface area contributed by atoms with Gasteiger partial charge in [0.2, 0.25) is 0 Å². The van der Waals surface area contributed by atoms with Crippen molar-refractivity contribution in [3.05, 3.63) is 0 Å².